The first kappa shape index (κ1) is 25.1. The Morgan fingerprint density at radius 3 is 2.32 bits per heavy atom. The van der Waals surface area contributed by atoms with Gasteiger partial charge >= 0.3 is 6.18 Å². The molecule has 1 N–H and O–H groups in total. The maximum absolute atomic E-state index is 13.5. The van der Waals surface area contributed by atoms with Gasteiger partial charge in [0.05, 0.1) is 21.2 Å². The maximum atomic E-state index is 13.5. The van der Waals surface area contributed by atoms with E-state index in [0.717, 1.165) is 46.9 Å². The van der Waals surface area contributed by atoms with E-state index in [1.54, 1.807) is 12.1 Å². The van der Waals surface area contributed by atoms with E-state index in [0.29, 0.717) is 16.1 Å². The van der Waals surface area contributed by atoms with E-state index in [1.165, 1.54) is 24.3 Å². The van der Waals surface area contributed by atoms with Crippen molar-refractivity contribution < 1.29 is 26.4 Å². The normalized spacial score (nSPS) is 13.1. The average molecular weight is 545 g/mol. The minimum Gasteiger partial charge on any atom is -0.324 e. The Balaban J connectivity index is 1.55. The van der Waals surface area contributed by atoms with Crippen LogP contribution in [-0.2, 0) is 33.8 Å². The number of nitrogens with zero attached hydrogens (tertiary/aromatic N) is 1. The lowest BCUT2D eigenvalue weighted by Crippen LogP contribution is -2.38. The van der Waals surface area contributed by atoms with Crippen molar-refractivity contribution in [2.45, 2.75) is 23.9 Å². The molecule has 1 aliphatic rings. The Morgan fingerprint density at radius 2 is 1.62 bits per heavy atom. The van der Waals surface area contributed by atoms with Crippen molar-refractivity contribution in [2.75, 3.05) is 16.2 Å². The zero-order chi connectivity index (χ0) is 26.4. The fourth-order valence-corrected chi connectivity index (χ4v) is 6.30. The van der Waals surface area contributed by atoms with Crippen LogP contribution in [-0.4, -0.2) is 20.9 Å². The molecular weight excluding hydrogens is 525 g/mol. The van der Waals surface area contributed by atoms with Crippen molar-refractivity contribution in [1.82, 2.24) is 0 Å². The minimum absolute atomic E-state index is 0.193. The van der Waals surface area contributed by atoms with Gasteiger partial charge in [-0.25, -0.2) is 8.42 Å². The fraction of sp³-hybridized carbons (Fsp3) is 0.148. The van der Waals surface area contributed by atoms with E-state index in [-0.39, 0.29) is 9.92 Å². The molecule has 0 aromatic heterocycles. The van der Waals surface area contributed by atoms with Gasteiger partial charge in [0.15, 0.2) is 0 Å². The summed E-state index contributed by atoms with van der Waals surface area (Å²) < 4.78 is 68.1. The monoisotopic (exact) mass is 544 g/mol. The maximum Gasteiger partial charge on any atom is 0.416 e. The second-order valence-electron chi connectivity index (χ2n) is 8.65. The van der Waals surface area contributed by atoms with Crippen LogP contribution in [0, 0.1) is 0 Å². The van der Waals surface area contributed by atoms with Crippen LogP contribution in [0.3, 0.4) is 0 Å². The molecule has 0 bridgehead atoms. The number of halogens is 4. The summed E-state index contributed by atoms with van der Waals surface area (Å²) in [7, 11) is -4.45. The standard InChI is InChI=1S/C27H20ClF3N2O3S/c28-22-13-12-19(27(29,30)31)15-24(22)33(37(35,36)20-6-2-1-3-7-20)16-25(34)32-23-14-11-18-10-9-17-5-4-8-21(23)26(17)18/h1-8,11-15H,9-10,16H2,(H,32,34). The summed E-state index contributed by atoms with van der Waals surface area (Å²) in [5.74, 6) is -0.730. The quantitative estimate of drug-likeness (QED) is 0.303. The first-order valence-electron chi connectivity index (χ1n) is 11.3. The van der Waals surface area contributed by atoms with Crippen LogP contribution in [0.2, 0.25) is 5.02 Å². The van der Waals surface area contributed by atoms with Gasteiger partial charge in [0.2, 0.25) is 5.91 Å². The zero-order valence-electron chi connectivity index (χ0n) is 19.2. The predicted molar refractivity (Wildman–Crippen MR) is 137 cm³/mol. The molecule has 0 saturated heterocycles. The third-order valence-electron chi connectivity index (χ3n) is 6.31. The van der Waals surface area contributed by atoms with Crippen molar-refractivity contribution >= 4 is 49.7 Å². The van der Waals surface area contributed by atoms with Crippen LogP contribution in [0.15, 0.2) is 83.8 Å². The predicted octanol–water partition coefficient (Wildman–Crippen LogP) is 6.44. The first-order valence-corrected chi connectivity index (χ1v) is 13.2. The molecule has 190 valence electrons. The Bertz CT molecular complexity index is 1610. The van der Waals surface area contributed by atoms with Crippen molar-refractivity contribution in [2.24, 2.45) is 0 Å². The molecule has 0 heterocycles. The lowest BCUT2D eigenvalue weighted by atomic mass is 10.0. The number of carbonyl (C=O) groups excluding carboxylic acids is 1. The van der Waals surface area contributed by atoms with E-state index in [4.69, 9.17) is 11.6 Å². The molecule has 37 heavy (non-hydrogen) atoms. The van der Waals surface area contributed by atoms with Crippen LogP contribution < -0.4 is 9.62 Å². The summed E-state index contributed by atoms with van der Waals surface area (Å²) in [6.45, 7) is -0.790. The number of alkyl halides is 3. The number of sulfonamides is 1. The van der Waals surface area contributed by atoms with E-state index < -0.39 is 39.9 Å². The van der Waals surface area contributed by atoms with Crippen molar-refractivity contribution in [3.8, 4) is 0 Å². The second kappa shape index (κ2) is 9.39. The fourth-order valence-electron chi connectivity index (χ4n) is 4.58. The van der Waals surface area contributed by atoms with Crippen LogP contribution in [0.1, 0.15) is 16.7 Å². The number of nitrogens with one attached hydrogen (secondary N) is 1. The smallest absolute Gasteiger partial charge is 0.324 e. The van der Waals surface area contributed by atoms with Crippen molar-refractivity contribution in [3.63, 3.8) is 0 Å². The minimum atomic E-state index is -4.74. The van der Waals surface area contributed by atoms with Crippen LogP contribution >= 0.6 is 11.6 Å². The number of hydrogen-bond acceptors (Lipinski definition) is 3. The Morgan fingerprint density at radius 1 is 0.919 bits per heavy atom. The molecule has 10 heteroatoms. The zero-order valence-corrected chi connectivity index (χ0v) is 20.8. The van der Waals surface area contributed by atoms with Gasteiger partial charge in [-0.2, -0.15) is 13.2 Å². The summed E-state index contributed by atoms with van der Waals surface area (Å²) in [5.41, 5.74) is 1.27. The van der Waals surface area contributed by atoms with Gasteiger partial charge in [-0.05, 0) is 65.8 Å². The summed E-state index contributed by atoms with van der Waals surface area (Å²) >= 11 is 6.19. The van der Waals surface area contributed by atoms with E-state index >= 15 is 0 Å². The highest BCUT2D eigenvalue weighted by Gasteiger charge is 2.34. The Hall–Kier alpha value is -3.56. The number of hydrogen-bond donors (Lipinski definition) is 1. The lowest BCUT2D eigenvalue weighted by molar-refractivity contribution is -0.137. The molecule has 1 amide bonds. The van der Waals surface area contributed by atoms with E-state index in [9.17, 15) is 26.4 Å². The van der Waals surface area contributed by atoms with Crippen LogP contribution in [0.5, 0.6) is 0 Å². The molecule has 0 aliphatic heterocycles. The Labute approximate surface area is 216 Å². The number of anilines is 2. The number of carbonyl (C=O) groups is 1. The van der Waals surface area contributed by atoms with Gasteiger partial charge in [-0.3, -0.25) is 9.10 Å². The van der Waals surface area contributed by atoms with Crippen molar-refractivity contribution in [3.05, 3.63) is 101 Å². The summed E-state index contributed by atoms with van der Waals surface area (Å²) in [4.78, 5) is 13.0. The van der Waals surface area contributed by atoms with Gasteiger partial charge in [0.1, 0.15) is 6.54 Å². The SMILES string of the molecule is O=C(CN(c1cc(C(F)(F)F)ccc1Cl)S(=O)(=O)c1ccccc1)Nc1ccc2c3c(cccc13)CC2. The molecule has 0 unspecified atom stereocenters. The third-order valence-corrected chi connectivity index (χ3v) is 8.41. The summed E-state index contributed by atoms with van der Waals surface area (Å²) in [6.07, 6.45) is -2.96. The molecule has 0 saturated carbocycles. The molecule has 0 fully saturated rings. The summed E-state index contributed by atoms with van der Waals surface area (Å²) in [5, 5.41) is 4.37. The molecule has 1 aliphatic carbocycles. The summed E-state index contributed by atoms with van der Waals surface area (Å²) in [6, 6.07) is 18.9. The molecular formula is C27H20ClF3N2O3S. The van der Waals surface area contributed by atoms with Gasteiger partial charge < -0.3 is 5.32 Å². The largest absolute Gasteiger partial charge is 0.416 e. The average Bonchev–Trinajstić information content (AvgIpc) is 3.29. The van der Waals surface area contributed by atoms with Gasteiger partial charge in [-0.1, -0.05) is 54.1 Å². The van der Waals surface area contributed by atoms with Gasteiger partial charge in [-0.15, -0.1) is 0 Å². The van der Waals surface area contributed by atoms with Crippen molar-refractivity contribution in [1.29, 1.82) is 0 Å². The van der Waals surface area contributed by atoms with Crippen LogP contribution in [0.25, 0.3) is 10.8 Å². The highest BCUT2D eigenvalue weighted by Crippen LogP contribution is 2.38. The highest BCUT2D eigenvalue weighted by molar-refractivity contribution is 7.92. The third kappa shape index (κ3) is 4.76. The first-order chi connectivity index (χ1) is 17.6. The molecule has 0 radical (unpaired) electrons. The number of benzene rings is 4. The van der Waals surface area contributed by atoms with Gasteiger partial charge in [0.25, 0.3) is 10.0 Å². The molecule has 4 aromatic carbocycles. The molecule has 5 rings (SSSR count). The molecule has 0 atom stereocenters. The van der Waals surface area contributed by atoms with Gasteiger partial charge in [0, 0.05) is 11.1 Å². The highest BCUT2D eigenvalue weighted by atomic mass is 35.5. The number of amides is 1. The van der Waals surface area contributed by atoms with E-state index in [1.807, 2.05) is 24.3 Å². The number of aryl methyl sites for hydroxylation is 2. The molecule has 0 spiro atoms. The Kier molecular flexibility index (Phi) is 6.37. The lowest BCUT2D eigenvalue weighted by Gasteiger charge is -2.26. The molecule has 5 nitrogen and oxygen atoms in total. The molecule has 4 aromatic rings. The van der Waals surface area contributed by atoms with E-state index in [2.05, 4.69) is 5.32 Å². The number of rotatable bonds is 6. The van der Waals surface area contributed by atoms with Crippen LogP contribution in [0.4, 0.5) is 24.5 Å². The second-order valence-corrected chi connectivity index (χ2v) is 10.9. The topological polar surface area (TPSA) is 66.5 Å².